The van der Waals surface area contributed by atoms with Crippen LogP contribution < -0.4 is 16.4 Å². The molecule has 7 heteroatoms. The second-order valence-electron chi connectivity index (χ2n) is 7.19. The lowest BCUT2D eigenvalue weighted by Gasteiger charge is -2.31. The third-order valence-electron chi connectivity index (χ3n) is 4.88. The summed E-state index contributed by atoms with van der Waals surface area (Å²) in [7, 11) is 1.79. The van der Waals surface area contributed by atoms with Crippen LogP contribution in [0.25, 0.3) is 0 Å². The van der Waals surface area contributed by atoms with Crippen LogP contribution in [0, 0.1) is 11.8 Å². The summed E-state index contributed by atoms with van der Waals surface area (Å²) in [4.78, 5) is 17.9. The average molecular weight is 354 g/mol. The van der Waals surface area contributed by atoms with Gasteiger partial charge in [-0.05, 0) is 57.5 Å². The molecule has 4 N–H and O–H groups in total. The Balaban J connectivity index is 1.46. The van der Waals surface area contributed by atoms with Crippen LogP contribution in [0.15, 0.2) is 4.99 Å². The molecule has 0 aromatic carbocycles. The van der Waals surface area contributed by atoms with Crippen LogP contribution in [0.4, 0.5) is 0 Å². The molecule has 1 unspecified atom stereocenters. The van der Waals surface area contributed by atoms with E-state index in [1.165, 1.54) is 12.8 Å². The molecule has 0 aromatic heterocycles. The highest BCUT2D eigenvalue weighted by Crippen LogP contribution is 2.28. The molecule has 1 aliphatic carbocycles. The Labute approximate surface area is 151 Å². The zero-order valence-corrected chi connectivity index (χ0v) is 15.6. The van der Waals surface area contributed by atoms with Crippen molar-refractivity contribution in [3.8, 4) is 0 Å². The van der Waals surface area contributed by atoms with Gasteiger partial charge in [0.1, 0.15) is 0 Å². The highest BCUT2D eigenvalue weighted by atomic mass is 16.5. The summed E-state index contributed by atoms with van der Waals surface area (Å²) in [5.41, 5.74) is 5.43. The number of hydrogen-bond donors (Lipinski definition) is 3. The topological polar surface area (TPSA) is 92.0 Å². The molecule has 7 nitrogen and oxygen atoms in total. The molecule has 1 saturated heterocycles. The van der Waals surface area contributed by atoms with E-state index < -0.39 is 0 Å². The summed E-state index contributed by atoms with van der Waals surface area (Å²) in [6.45, 7) is 6.35. The normalized spacial score (nSPS) is 22.0. The number of carbonyl (C=O) groups is 1. The number of hydrogen-bond acceptors (Lipinski definition) is 4. The number of rotatable bonds is 11. The van der Waals surface area contributed by atoms with Gasteiger partial charge in [0, 0.05) is 39.9 Å². The molecule has 0 spiro atoms. The standard InChI is InChI=1S/C18H35N5O2/c1-20-18(22-9-4-12-25-14-15-6-7-15)21-8-3-11-23-10-2-5-16(13-23)17(19)24/h15-16H,2-14H2,1H3,(H2,19,24)(H2,20,21,22). The van der Waals surface area contributed by atoms with Gasteiger partial charge in [-0.2, -0.15) is 0 Å². The summed E-state index contributed by atoms with van der Waals surface area (Å²) >= 11 is 0. The average Bonchev–Trinajstić information content (AvgIpc) is 3.44. The van der Waals surface area contributed by atoms with Gasteiger partial charge in [-0.25, -0.2) is 0 Å². The van der Waals surface area contributed by atoms with Crippen LogP contribution in [0.1, 0.15) is 38.5 Å². The second-order valence-corrected chi connectivity index (χ2v) is 7.19. The molecule has 1 atom stereocenters. The lowest BCUT2D eigenvalue weighted by molar-refractivity contribution is -0.123. The van der Waals surface area contributed by atoms with Crippen molar-refractivity contribution in [2.45, 2.75) is 38.5 Å². The van der Waals surface area contributed by atoms with Gasteiger partial charge in [-0.1, -0.05) is 0 Å². The van der Waals surface area contributed by atoms with Crippen molar-refractivity contribution >= 4 is 11.9 Å². The van der Waals surface area contributed by atoms with Crippen molar-refractivity contribution in [2.75, 3.05) is 53.0 Å². The number of guanidine groups is 1. The number of amides is 1. The summed E-state index contributed by atoms with van der Waals surface area (Å²) < 4.78 is 5.63. The van der Waals surface area contributed by atoms with E-state index in [9.17, 15) is 4.79 Å². The molecular weight excluding hydrogens is 318 g/mol. The minimum atomic E-state index is -0.159. The fourth-order valence-electron chi connectivity index (χ4n) is 3.14. The van der Waals surface area contributed by atoms with E-state index in [0.717, 1.165) is 83.5 Å². The Bertz CT molecular complexity index is 426. The van der Waals surface area contributed by atoms with Crippen LogP contribution in [0.5, 0.6) is 0 Å². The van der Waals surface area contributed by atoms with Crippen LogP contribution in [0.2, 0.25) is 0 Å². The maximum absolute atomic E-state index is 11.3. The van der Waals surface area contributed by atoms with Crippen LogP contribution in [-0.2, 0) is 9.53 Å². The van der Waals surface area contributed by atoms with Crippen molar-refractivity contribution in [1.82, 2.24) is 15.5 Å². The number of nitrogens with zero attached hydrogens (tertiary/aromatic N) is 2. The molecule has 2 rings (SSSR count). The van der Waals surface area contributed by atoms with Gasteiger partial charge in [-0.3, -0.25) is 9.79 Å². The van der Waals surface area contributed by atoms with Gasteiger partial charge in [0.25, 0.3) is 0 Å². The molecule has 0 radical (unpaired) electrons. The molecule has 1 amide bonds. The van der Waals surface area contributed by atoms with Gasteiger partial charge in [0.05, 0.1) is 5.92 Å². The SMILES string of the molecule is CN=C(NCCCOCC1CC1)NCCCN1CCCC(C(N)=O)C1. The van der Waals surface area contributed by atoms with Crippen molar-refractivity contribution in [2.24, 2.45) is 22.6 Å². The fourth-order valence-corrected chi connectivity index (χ4v) is 3.14. The molecule has 1 saturated carbocycles. The molecule has 2 fully saturated rings. The Hall–Kier alpha value is -1.34. The summed E-state index contributed by atoms with van der Waals surface area (Å²) in [5, 5.41) is 6.66. The molecule has 1 aliphatic heterocycles. The molecular formula is C18H35N5O2. The number of ether oxygens (including phenoxy) is 1. The van der Waals surface area contributed by atoms with Crippen LogP contribution in [0.3, 0.4) is 0 Å². The van der Waals surface area contributed by atoms with E-state index in [4.69, 9.17) is 10.5 Å². The maximum Gasteiger partial charge on any atom is 0.221 e. The summed E-state index contributed by atoms with van der Waals surface area (Å²) in [6, 6.07) is 0. The Morgan fingerprint density at radius 3 is 2.68 bits per heavy atom. The highest BCUT2D eigenvalue weighted by molar-refractivity contribution is 5.79. The Kier molecular flexibility index (Phi) is 9.04. The molecule has 0 bridgehead atoms. The number of nitrogens with two attached hydrogens (primary N) is 1. The molecule has 1 heterocycles. The Morgan fingerprint density at radius 1 is 1.24 bits per heavy atom. The highest BCUT2D eigenvalue weighted by Gasteiger charge is 2.23. The van der Waals surface area contributed by atoms with Gasteiger partial charge in [0.15, 0.2) is 5.96 Å². The second kappa shape index (κ2) is 11.3. The van der Waals surface area contributed by atoms with E-state index in [2.05, 4.69) is 20.5 Å². The van der Waals surface area contributed by atoms with E-state index in [1.807, 2.05) is 0 Å². The zero-order chi connectivity index (χ0) is 17.9. The number of primary amides is 1. The largest absolute Gasteiger partial charge is 0.381 e. The van der Waals surface area contributed by atoms with Crippen LogP contribution >= 0.6 is 0 Å². The first-order valence-electron chi connectivity index (χ1n) is 9.73. The van der Waals surface area contributed by atoms with Gasteiger partial charge >= 0.3 is 0 Å². The van der Waals surface area contributed by atoms with E-state index in [0.29, 0.717) is 0 Å². The molecule has 25 heavy (non-hydrogen) atoms. The first kappa shape index (κ1) is 20.0. The molecule has 0 aromatic rings. The first-order chi connectivity index (χ1) is 12.2. The van der Waals surface area contributed by atoms with Crippen molar-refractivity contribution < 1.29 is 9.53 Å². The lowest BCUT2D eigenvalue weighted by Crippen LogP contribution is -2.43. The minimum Gasteiger partial charge on any atom is -0.381 e. The van der Waals surface area contributed by atoms with Crippen LogP contribution in [-0.4, -0.2) is 69.8 Å². The molecule has 2 aliphatic rings. The zero-order valence-electron chi connectivity index (χ0n) is 15.6. The van der Waals surface area contributed by atoms with Crippen molar-refractivity contribution in [3.63, 3.8) is 0 Å². The first-order valence-corrected chi connectivity index (χ1v) is 9.73. The summed E-state index contributed by atoms with van der Waals surface area (Å²) in [6.07, 6.45) is 6.70. The quantitative estimate of drug-likeness (QED) is 0.287. The summed E-state index contributed by atoms with van der Waals surface area (Å²) in [5.74, 6) is 1.54. The number of likely N-dealkylation sites (tertiary alicyclic amines) is 1. The van der Waals surface area contributed by atoms with Gasteiger partial charge in [-0.15, -0.1) is 0 Å². The number of carbonyl (C=O) groups excluding carboxylic acids is 1. The minimum absolute atomic E-state index is 0.0262. The third-order valence-corrected chi connectivity index (χ3v) is 4.88. The fraction of sp³-hybridized carbons (Fsp3) is 0.889. The van der Waals surface area contributed by atoms with Crippen molar-refractivity contribution in [3.05, 3.63) is 0 Å². The predicted octanol–water partition coefficient (Wildman–Crippen LogP) is 0.556. The number of piperidine rings is 1. The van der Waals surface area contributed by atoms with E-state index >= 15 is 0 Å². The number of nitrogens with one attached hydrogen (secondary N) is 2. The number of aliphatic imine (C=N–C) groups is 1. The maximum atomic E-state index is 11.3. The Morgan fingerprint density at radius 2 is 2.00 bits per heavy atom. The molecule has 144 valence electrons. The third kappa shape index (κ3) is 8.54. The van der Waals surface area contributed by atoms with Crippen molar-refractivity contribution in [1.29, 1.82) is 0 Å². The lowest BCUT2D eigenvalue weighted by atomic mass is 9.97. The van der Waals surface area contributed by atoms with E-state index in [1.54, 1.807) is 7.05 Å². The predicted molar refractivity (Wildman–Crippen MR) is 100 cm³/mol. The van der Waals surface area contributed by atoms with Gasteiger partial charge < -0.3 is 26.0 Å². The van der Waals surface area contributed by atoms with E-state index in [-0.39, 0.29) is 11.8 Å². The monoisotopic (exact) mass is 353 g/mol. The smallest absolute Gasteiger partial charge is 0.221 e. The van der Waals surface area contributed by atoms with Gasteiger partial charge in [0.2, 0.25) is 5.91 Å².